The molecule has 1 saturated heterocycles. The summed E-state index contributed by atoms with van der Waals surface area (Å²) in [4.78, 5) is 14.8. The summed E-state index contributed by atoms with van der Waals surface area (Å²) < 4.78 is 5.39. The van der Waals surface area contributed by atoms with E-state index in [4.69, 9.17) is 4.42 Å². The van der Waals surface area contributed by atoms with Crippen LogP contribution in [0.25, 0.3) is 0 Å². The minimum atomic E-state index is -0.0474. The van der Waals surface area contributed by atoms with Gasteiger partial charge in [0.1, 0.15) is 0 Å². The molecule has 4 rings (SSSR count). The lowest BCUT2D eigenvalue weighted by molar-refractivity contribution is 0.0649. The summed E-state index contributed by atoms with van der Waals surface area (Å²) in [6.07, 6.45) is 5.08. The molecule has 25 heavy (non-hydrogen) atoms. The second-order valence-corrected chi connectivity index (χ2v) is 7.42. The molecular weight excluding hydrogens is 318 g/mol. The van der Waals surface area contributed by atoms with E-state index in [1.54, 1.807) is 6.92 Å². The van der Waals surface area contributed by atoms with E-state index in [0.717, 1.165) is 18.5 Å². The van der Waals surface area contributed by atoms with Crippen LogP contribution in [-0.2, 0) is 6.42 Å². The Kier molecular flexibility index (Phi) is 4.07. The molecule has 1 aliphatic carbocycles. The third-order valence-electron chi connectivity index (χ3n) is 5.63. The first kappa shape index (κ1) is 16.3. The SMILES string of the molecule is Cc1nnc(Cc2ccc(C(=O)N3CC4(CCC4)CC3CO)cc2)o1. The number of amides is 1. The number of hydrogen-bond acceptors (Lipinski definition) is 5. The van der Waals surface area contributed by atoms with Gasteiger partial charge in [-0.25, -0.2) is 0 Å². The molecule has 1 aromatic heterocycles. The first-order chi connectivity index (χ1) is 12.1. The fourth-order valence-corrected chi connectivity index (χ4v) is 4.12. The van der Waals surface area contributed by atoms with E-state index in [2.05, 4.69) is 10.2 Å². The van der Waals surface area contributed by atoms with Gasteiger partial charge in [0.2, 0.25) is 11.8 Å². The summed E-state index contributed by atoms with van der Waals surface area (Å²) in [6.45, 7) is 2.59. The van der Waals surface area contributed by atoms with Crippen LogP contribution in [0.3, 0.4) is 0 Å². The average molecular weight is 341 g/mol. The van der Waals surface area contributed by atoms with Gasteiger partial charge in [-0.3, -0.25) is 4.79 Å². The summed E-state index contributed by atoms with van der Waals surface area (Å²) in [5, 5.41) is 17.5. The van der Waals surface area contributed by atoms with Crippen LogP contribution in [0.1, 0.15) is 53.4 Å². The van der Waals surface area contributed by atoms with Crippen molar-refractivity contribution in [2.45, 2.75) is 45.1 Å². The van der Waals surface area contributed by atoms with E-state index >= 15 is 0 Å². The third-order valence-corrected chi connectivity index (χ3v) is 5.63. The lowest BCUT2D eigenvalue weighted by Crippen LogP contribution is -2.39. The first-order valence-corrected chi connectivity index (χ1v) is 8.88. The van der Waals surface area contributed by atoms with Crippen molar-refractivity contribution in [3.05, 3.63) is 47.2 Å². The monoisotopic (exact) mass is 341 g/mol. The van der Waals surface area contributed by atoms with Crippen molar-refractivity contribution in [3.8, 4) is 0 Å². The lowest BCUT2D eigenvalue weighted by Gasteiger charge is -2.37. The van der Waals surface area contributed by atoms with Crippen molar-refractivity contribution in [2.24, 2.45) is 5.41 Å². The summed E-state index contributed by atoms with van der Waals surface area (Å²) in [5.74, 6) is 1.14. The second-order valence-electron chi connectivity index (χ2n) is 7.42. The average Bonchev–Trinajstić information content (AvgIpc) is 3.18. The van der Waals surface area contributed by atoms with Crippen molar-refractivity contribution < 1.29 is 14.3 Å². The van der Waals surface area contributed by atoms with Gasteiger partial charge in [-0.2, -0.15) is 0 Å². The predicted molar refractivity (Wildman–Crippen MR) is 91.1 cm³/mol. The number of rotatable bonds is 4. The molecule has 1 N–H and O–H groups in total. The lowest BCUT2D eigenvalue weighted by atomic mass is 9.67. The molecule has 1 amide bonds. The van der Waals surface area contributed by atoms with Gasteiger partial charge in [0, 0.05) is 19.0 Å². The number of carbonyl (C=O) groups is 1. The molecule has 0 bridgehead atoms. The van der Waals surface area contributed by atoms with E-state index < -0.39 is 0 Å². The highest BCUT2D eigenvalue weighted by molar-refractivity contribution is 5.94. The van der Waals surface area contributed by atoms with Crippen molar-refractivity contribution in [1.82, 2.24) is 15.1 Å². The first-order valence-electron chi connectivity index (χ1n) is 8.88. The number of carbonyl (C=O) groups excluding carboxylic acids is 1. The fraction of sp³-hybridized carbons (Fsp3) is 0.526. The molecule has 2 aliphatic rings. The van der Waals surface area contributed by atoms with Crippen LogP contribution in [-0.4, -0.2) is 45.3 Å². The van der Waals surface area contributed by atoms with E-state index in [-0.39, 0.29) is 24.0 Å². The Hall–Kier alpha value is -2.21. The van der Waals surface area contributed by atoms with Crippen LogP contribution in [0.2, 0.25) is 0 Å². The Morgan fingerprint density at radius 3 is 2.64 bits per heavy atom. The van der Waals surface area contributed by atoms with E-state index in [1.807, 2.05) is 29.2 Å². The second kappa shape index (κ2) is 6.26. The predicted octanol–water partition coefficient (Wildman–Crippen LogP) is 2.35. The van der Waals surface area contributed by atoms with E-state index in [9.17, 15) is 9.90 Å². The highest BCUT2D eigenvalue weighted by Crippen LogP contribution is 2.50. The molecule has 1 saturated carbocycles. The molecule has 1 aromatic carbocycles. The molecule has 6 heteroatoms. The largest absolute Gasteiger partial charge is 0.425 e. The number of aromatic nitrogens is 2. The molecule has 1 aliphatic heterocycles. The molecular formula is C19H23N3O3. The maximum atomic E-state index is 12.9. The molecule has 6 nitrogen and oxygen atoms in total. The summed E-state index contributed by atoms with van der Waals surface area (Å²) in [7, 11) is 0. The molecule has 2 fully saturated rings. The number of aliphatic hydroxyl groups excluding tert-OH is 1. The van der Waals surface area contributed by atoms with Gasteiger partial charge >= 0.3 is 0 Å². The zero-order chi connectivity index (χ0) is 17.4. The normalized spacial score (nSPS) is 21.5. The van der Waals surface area contributed by atoms with Crippen LogP contribution in [0.5, 0.6) is 0 Å². The van der Waals surface area contributed by atoms with Crippen molar-refractivity contribution in [2.75, 3.05) is 13.2 Å². The maximum absolute atomic E-state index is 12.9. The highest BCUT2D eigenvalue weighted by Gasteiger charge is 2.48. The van der Waals surface area contributed by atoms with Gasteiger partial charge in [-0.05, 0) is 42.4 Å². The van der Waals surface area contributed by atoms with Gasteiger partial charge in [0.15, 0.2) is 0 Å². The standard InChI is InChI=1S/C19H23N3O3/c1-13-20-21-17(25-13)9-14-3-5-15(6-4-14)18(24)22-12-19(7-2-8-19)10-16(22)11-23/h3-6,16,23H,2,7-12H2,1H3. The molecule has 0 radical (unpaired) electrons. The number of aliphatic hydroxyl groups is 1. The number of hydrogen-bond donors (Lipinski definition) is 1. The Morgan fingerprint density at radius 2 is 2.08 bits per heavy atom. The van der Waals surface area contributed by atoms with Crippen LogP contribution in [0.15, 0.2) is 28.7 Å². The number of likely N-dealkylation sites (tertiary alicyclic amines) is 1. The zero-order valence-electron chi connectivity index (χ0n) is 14.4. The number of benzene rings is 1. The Bertz CT molecular complexity index is 764. The van der Waals surface area contributed by atoms with Crippen molar-refractivity contribution >= 4 is 5.91 Å². The van der Waals surface area contributed by atoms with Crippen LogP contribution < -0.4 is 0 Å². The smallest absolute Gasteiger partial charge is 0.254 e. The van der Waals surface area contributed by atoms with Crippen LogP contribution >= 0.6 is 0 Å². The maximum Gasteiger partial charge on any atom is 0.254 e. The highest BCUT2D eigenvalue weighted by atomic mass is 16.4. The minimum Gasteiger partial charge on any atom is -0.425 e. The Labute approximate surface area is 146 Å². The van der Waals surface area contributed by atoms with Gasteiger partial charge < -0.3 is 14.4 Å². The van der Waals surface area contributed by atoms with Crippen molar-refractivity contribution in [3.63, 3.8) is 0 Å². The zero-order valence-corrected chi connectivity index (χ0v) is 14.4. The quantitative estimate of drug-likeness (QED) is 0.923. The van der Waals surface area contributed by atoms with Gasteiger partial charge in [-0.1, -0.05) is 18.6 Å². The topological polar surface area (TPSA) is 79.5 Å². The Balaban J connectivity index is 1.46. The molecule has 132 valence electrons. The summed E-state index contributed by atoms with van der Waals surface area (Å²) in [6, 6.07) is 7.50. The number of aryl methyl sites for hydroxylation is 1. The third kappa shape index (κ3) is 3.06. The van der Waals surface area contributed by atoms with Gasteiger partial charge in [0.25, 0.3) is 5.91 Å². The van der Waals surface area contributed by atoms with E-state index in [1.165, 1.54) is 19.3 Å². The molecule has 2 heterocycles. The fourth-order valence-electron chi connectivity index (χ4n) is 4.12. The Morgan fingerprint density at radius 1 is 1.32 bits per heavy atom. The van der Waals surface area contributed by atoms with Crippen LogP contribution in [0, 0.1) is 12.3 Å². The van der Waals surface area contributed by atoms with Gasteiger partial charge in [-0.15, -0.1) is 10.2 Å². The summed E-state index contributed by atoms with van der Waals surface area (Å²) >= 11 is 0. The number of nitrogens with zero attached hydrogens (tertiary/aromatic N) is 3. The molecule has 2 aromatic rings. The van der Waals surface area contributed by atoms with Crippen molar-refractivity contribution in [1.29, 1.82) is 0 Å². The van der Waals surface area contributed by atoms with E-state index in [0.29, 0.717) is 23.8 Å². The van der Waals surface area contributed by atoms with Gasteiger partial charge in [0.05, 0.1) is 19.1 Å². The molecule has 1 spiro atoms. The summed E-state index contributed by atoms with van der Waals surface area (Å²) in [5.41, 5.74) is 1.95. The molecule has 1 unspecified atom stereocenters. The van der Waals surface area contributed by atoms with Crippen LogP contribution in [0.4, 0.5) is 0 Å². The molecule has 1 atom stereocenters. The minimum absolute atomic E-state index is 0.0167.